The van der Waals surface area contributed by atoms with Gasteiger partial charge in [-0.2, -0.15) is 0 Å². The zero-order chi connectivity index (χ0) is 16.3. The number of aliphatic hydroxyl groups is 2. The fourth-order valence-electron chi connectivity index (χ4n) is 3.97. The summed E-state index contributed by atoms with van der Waals surface area (Å²) >= 11 is 0. The Kier molecular flexibility index (Phi) is 3.46. The van der Waals surface area contributed by atoms with Crippen LogP contribution in [0.25, 0.3) is 0 Å². The minimum Gasteiger partial charge on any atom is -0.386 e. The van der Waals surface area contributed by atoms with E-state index in [1.807, 2.05) is 6.92 Å². The number of Topliss-reactive ketones (excluding diaryl/α,β-unsaturated/α-hetero) is 2. The van der Waals surface area contributed by atoms with Crippen LogP contribution in [-0.4, -0.2) is 33.0 Å². The molecule has 3 aliphatic carbocycles. The van der Waals surface area contributed by atoms with Gasteiger partial charge < -0.3 is 10.2 Å². The van der Waals surface area contributed by atoms with Gasteiger partial charge >= 0.3 is 0 Å². The van der Waals surface area contributed by atoms with Crippen LogP contribution in [0.3, 0.4) is 0 Å². The molecule has 0 aromatic rings. The Morgan fingerprint density at radius 3 is 2.50 bits per heavy atom. The van der Waals surface area contributed by atoms with E-state index in [1.54, 1.807) is 13.8 Å². The lowest BCUT2D eigenvalue weighted by Crippen LogP contribution is -2.42. The molecule has 0 saturated heterocycles. The zero-order valence-corrected chi connectivity index (χ0v) is 13.4. The number of carbonyl (C=O) groups excluding carboxylic acids is 2. The first-order chi connectivity index (χ1) is 10.1. The molecular weight excluding hydrogens is 280 g/mol. The summed E-state index contributed by atoms with van der Waals surface area (Å²) in [6, 6.07) is 0. The Balaban J connectivity index is 2.06. The Bertz CT molecular complexity index is 598. The highest BCUT2D eigenvalue weighted by Crippen LogP contribution is 2.49. The highest BCUT2D eigenvalue weighted by atomic mass is 16.3. The van der Waals surface area contributed by atoms with E-state index in [4.69, 9.17) is 0 Å². The minimum absolute atomic E-state index is 0.0300. The summed E-state index contributed by atoms with van der Waals surface area (Å²) in [4.78, 5) is 25.1. The summed E-state index contributed by atoms with van der Waals surface area (Å²) in [7, 11) is 0. The maximum atomic E-state index is 12.8. The lowest BCUT2D eigenvalue weighted by molar-refractivity contribution is -0.135. The molecule has 3 aliphatic rings. The number of fused-ring (bicyclic) bond motifs is 2. The third-order valence-corrected chi connectivity index (χ3v) is 5.46. The Morgan fingerprint density at radius 1 is 1.14 bits per heavy atom. The second-order valence-corrected chi connectivity index (χ2v) is 7.63. The van der Waals surface area contributed by atoms with Crippen LogP contribution in [0.5, 0.6) is 0 Å². The summed E-state index contributed by atoms with van der Waals surface area (Å²) in [5, 5.41) is 21.5. The number of hydrogen-bond acceptors (Lipinski definition) is 4. The van der Waals surface area contributed by atoms with Gasteiger partial charge in [0.15, 0.2) is 17.2 Å². The number of carbonyl (C=O) groups is 2. The van der Waals surface area contributed by atoms with Crippen LogP contribution >= 0.6 is 0 Å². The molecule has 3 rings (SSSR count). The molecule has 0 bridgehead atoms. The van der Waals surface area contributed by atoms with E-state index in [9.17, 15) is 19.8 Å². The topological polar surface area (TPSA) is 74.6 Å². The predicted octanol–water partition coefficient (Wildman–Crippen LogP) is 1.95. The molecule has 0 aromatic carbocycles. The minimum atomic E-state index is -1.88. The maximum Gasteiger partial charge on any atom is 0.188 e. The van der Waals surface area contributed by atoms with Crippen molar-refractivity contribution in [1.29, 1.82) is 0 Å². The molecule has 1 fully saturated rings. The first-order valence-electron chi connectivity index (χ1n) is 8.10. The summed E-state index contributed by atoms with van der Waals surface area (Å²) < 4.78 is 0. The molecule has 0 aliphatic heterocycles. The summed E-state index contributed by atoms with van der Waals surface area (Å²) in [5.74, 6) is 0.101. The summed E-state index contributed by atoms with van der Waals surface area (Å²) in [6.07, 6.45) is 6.05. The monoisotopic (exact) mass is 304 g/mol. The zero-order valence-electron chi connectivity index (χ0n) is 13.4. The fraction of sp³-hybridized carbons (Fsp3) is 0.667. The second-order valence-electron chi connectivity index (χ2n) is 7.63. The lowest BCUT2D eigenvalue weighted by atomic mass is 9.82. The van der Waals surface area contributed by atoms with E-state index < -0.39 is 11.2 Å². The van der Waals surface area contributed by atoms with Crippen LogP contribution in [0.4, 0.5) is 0 Å². The van der Waals surface area contributed by atoms with E-state index in [0.29, 0.717) is 23.8 Å². The van der Waals surface area contributed by atoms with Crippen LogP contribution in [0.1, 0.15) is 46.5 Å². The largest absolute Gasteiger partial charge is 0.386 e. The average molecular weight is 304 g/mol. The molecule has 22 heavy (non-hydrogen) atoms. The van der Waals surface area contributed by atoms with Crippen molar-refractivity contribution in [2.24, 2.45) is 17.8 Å². The summed E-state index contributed by atoms with van der Waals surface area (Å²) in [5.41, 5.74) is -2.66. The third-order valence-electron chi connectivity index (χ3n) is 5.46. The van der Waals surface area contributed by atoms with Crippen molar-refractivity contribution < 1.29 is 19.8 Å². The van der Waals surface area contributed by atoms with Crippen molar-refractivity contribution in [3.05, 3.63) is 23.3 Å². The average Bonchev–Trinajstić information content (AvgIpc) is 3.13. The molecule has 0 amide bonds. The highest BCUT2D eigenvalue weighted by molar-refractivity contribution is 6.19. The number of allylic oxidation sites excluding steroid dienone is 1. The highest BCUT2D eigenvalue weighted by Gasteiger charge is 2.50. The van der Waals surface area contributed by atoms with E-state index in [0.717, 1.165) is 19.3 Å². The van der Waals surface area contributed by atoms with Gasteiger partial charge in [-0.05, 0) is 69.1 Å². The van der Waals surface area contributed by atoms with Crippen molar-refractivity contribution >= 4 is 11.6 Å². The molecule has 0 unspecified atom stereocenters. The molecule has 0 spiro atoms. The van der Waals surface area contributed by atoms with Gasteiger partial charge in [0.05, 0.1) is 5.60 Å². The number of hydrogen-bond donors (Lipinski definition) is 2. The van der Waals surface area contributed by atoms with Crippen molar-refractivity contribution in [1.82, 2.24) is 0 Å². The normalized spacial score (nSPS) is 45.4. The van der Waals surface area contributed by atoms with Crippen molar-refractivity contribution in [2.75, 3.05) is 0 Å². The van der Waals surface area contributed by atoms with Crippen LogP contribution in [0, 0.1) is 17.8 Å². The quantitative estimate of drug-likeness (QED) is 0.717. The van der Waals surface area contributed by atoms with Gasteiger partial charge in [-0.1, -0.05) is 6.92 Å². The molecule has 2 N–H and O–H groups in total. The van der Waals surface area contributed by atoms with Crippen molar-refractivity contribution in [3.63, 3.8) is 0 Å². The van der Waals surface area contributed by atoms with Crippen LogP contribution in [0.15, 0.2) is 23.3 Å². The Hall–Kier alpha value is -1.26. The first kappa shape index (κ1) is 15.6. The van der Waals surface area contributed by atoms with E-state index in [1.165, 1.54) is 12.2 Å². The number of ketones is 2. The SMILES string of the molecule is CC1=C[C@]2(O)C(=O)[C@H](C)C[C@H]3C[C@H]3CC[C@](C)(O)C=C2C1=O. The van der Waals surface area contributed by atoms with E-state index >= 15 is 0 Å². The first-order valence-corrected chi connectivity index (χ1v) is 8.10. The Morgan fingerprint density at radius 2 is 1.82 bits per heavy atom. The predicted molar refractivity (Wildman–Crippen MR) is 82.0 cm³/mol. The van der Waals surface area contributed by atoms with Gasteiger partial charge in [0.2, 0.25) is 0 Å². The fourth-order valence-corrected chi connectivity index (χ4v) is 3.97. The molecule has 0 aromatic heterocycles. The van der Waals surface area contributed by atoms with Gasteiger partial charge in [-0.25, -0.2) is 0 Å². The van der Waals surface area contributed by atoms with Crippen LogP contribution in [0.2, 0.25) is 0 Å². The van der Waals surface area contributed by atoms with Crippen molar-refractivity contribution in [3.8, 4) is 0 Å². The molecular formula is C18H24O4. The smallest absolute Gasteiger partial charge is 0.188 e. The van der Waals surface area contributed by atoms with Gasteiger partial charge in [0.1, 0.15) is 0 Å². The lowest BCUT2D eigenvalue weighted by Gasteiger charge is -2.27. The molecule has 120 valence electrons. The Labute approximate surface area is 130 Å². The van der Waals surface area contributed by atoms with E-state index in [2.05, 4.69) is 0 Å². The standard InChI is InChI=1S/C18H24O4/c1-10-6-13-7-12(13)4-5-17(3,21)9-14-15(19)11(2)8-18(14,22)16(10)20/h8-10,12-13,21-22H,4-7H2,1-3H3/t10-,12-,13+,17+,18-/m1/s1. The second kappa shape index (κ2) is 4.87. The van der Waals surface area contributed by atoms with Crippen molar-refractivity contribution in [2.45, 2.75) is 57.7 Å². The molecule has 5 atom stereocenters. The molecule has 1 saturated carbocycles. The molecule has 4 nitrogen and oxygen atoms in total. The summed E-state index contributed by atoms with van der Waals surface area (Å²) in [6.45, 7) is 5.07. The maximum absolute atomic E-state index is 12.8. The molecule has 0 radical (unpaired) electrons. The van der Waals surface area contributed by atoms with Crippen LogP contribution < -0.4 is 0 Å². The van der Waals surface area contributed by atoms with Gasteiger partial charge in [-0.15, -0.1) is 0 Å². The van der Waals surface area contributed by atoms with Crippen LogP contribution in [-0.2, 0) is 9.59 Å². The number of rotatable bonds is 0. The van der Waals surface area contributed by atoms with Gasteiger partial charge in [-0.3, -0.25) is 9.59 Å². The third kappa shape index (κ3) is 2.48. The molecule has 4 heteroatoms. The van der Waals surface area contributed by atoms with Gasteiger partial charge in [0.25, 0.3) is 0 Å². The molecule has 0 heterocycles. The van der Waals surface area contributed by atoms with Gasteiger partial charge in [0, 0.05) is 11.5 Å². The van der Waals surface area contributed by atoms with E-state index in [-0.39, 0.29) is 23.1 Å².